The molecule has 0 saturated carbocycles. The summed E-state index contributed by atoms with van der Waals surface area (Å²) >= 11 is 0. The minimum atomic E-state index is 0.790. The number of hydrogen-bond acceptors (Lipinski definition) is 3. The fourth-order valence-electron chi connectivity index (χ4n) is 8.76. The van der Waals surface area contributed by atoms with E-state index in [-0.39, 0.29) is 0 Å². The van der Waals surface area contributed by atoms with Crippen LogP contribution in [0.5, 0.6) is 0 Å². The van der Waals surface area contributed by atoms with Gasteiger partial charge in [-0.2, -0.15) is 0 Å². The average Bonchev–Trinajstić information content (AvgIpc) is 4.03. The summed E-state index contributed by atoms with van der Waals surface area (Å²) in [5.41, 5.74) is 11.4. The summed E-state index contributed by atoms with van der Waals surface area (Å²) in [4.78, 5) is 0. The van der Waals surface area contributed by atoms with Gasteiger partial charge >= 0.3 is 0 Å². The van der Waals surface area contributed by atoms with Crippen molar-refractivity contribution >= 4 is 65.6 Å². The van der Waals surface area contributed by atoms with Crippen LogP contribution >= 0.6 is 0 Å². The van der Waals surface area contributed by atoms with E-state index in [0.29, 0.717) is 0 Å². The average molecular weight is 718 g/mol. The molecule has 4 heterocycles. The molecular formula is C50H31N5O. The Hall–Kier alpha value is -7.70. The Balaban J connectivity index is 1.12. The smallest absolute Gasteiger partial charge is 0.168 e. The summed E-state index contributed by atoms with van der Waals surface area (Å²) < 4.78 is 13.4. The molecule has 0 radical (unpaired) electrons. The van der Waals surface area contributed by atoms with Crippen molar-refractivity contribution in [3.63, 3.8) is 0 Å². The fraction of sp³-hybridized carbons (Fsp3) is 0. The number of furan rings is 1. The van der Waals surface area contributed by atoms with Gasteiger partial charge in [0.1, 0.15) is 11.2 Å². The monoisotopic (exact) mass is 717 g/mol. The zero-order valence-corrected chi connectivity index (χ0v) is 30.0. The third-order valence-electron chi connectivity index (χ3n) is 11.2. The van der Waals surface area contributed by atoms with Gasteiger partial charge in [0.25, 0.3) is 0 Å². The number of para-hydroxylation sites is 3. The largest absolute Gasteiger partial charge is 0.456 e. The molecule has 0 bridgehead atoms. The highest BCUT2D eigenvalue weighted by molar-refractivity contribution is 6.24. The van der Waals surface area contributed by atoms with Gasteiger partial charge in [0.15, 0.2) is 11.6 Å². The van der Waals surface area contributed by atoms with Crippen LogP contribution in [-0.4, -0.2) is 23.9 Å². The minimum Gasteiger partial charge on any atom is -0.456 e. The van der Waals surface area contributed by atoms with Gasteiger partial charge in [-0.1, -0.05) is 127 Å². The van der Waals surface area contributed by atoms with E-state index < -0.39 is 0 Å². The summed E-state index contributed by atoms with van der Waals surface area (Å²) in [6, 6.07) is 66.2. The lowest BCUT2D eigenvalue weighted by atomic mass is 10.1. The molecule has 0 unspecified atom stereocenters. The van der Waals surface area contributed by atoms with Crippen LogP contribution in [0.25, 0.3) is 105 Å². The van der Waals surface area contributed by atoms with Gasteiger partial charge < -0.3 is 13.6 Å². The standard InChI is InChI=1S/C50H31N5O/c1-3-14-32(15-4-1)49-51-52-50(33-16-5-2-6-17-33)55(49)36-26-27-39-37-20-7-10-23-42(37)53(44(39)31-36)34-18-13-19-35(30-34)54-43-24-11-8-21-38(43)40-28-29-46-47(48(40)54)41-22-9-12-25-45(41)56-46/h1-31H. The number of aromatic nitrogens is 5. The van der Waals surface area contributed by atoms with Crippen LogP contribution in [0.3, 0.4) is 0 Å². The van der Waals surface area contributed by atoms with E-state index in [1.54, 1.807) is 0 Å². The summed E-state index contributed by atoms with van der Waals surface area (Å²) in [5, 5.41) is 16.5. The van der Waals surface area contributed by atoms with Crippen molar-refractivity contribution in [1.82, 2.24) is 23.9 Å². The van der Waals surface area contributed by atoms with Gasteiger partial charge in [0.05, 0.1) is 33.1 Å². The summed E-state index contributed by atoms with van der Waals surface area (Å²) in [5.74, 6) is 1.58. The Morgan fingerprint density at radius 2 is 0.875 bits per heavy atom. The van der Waals surface area contributed by atoms with Crippen molar-refractivity contribution in [3.8, 4) is 39.8 Å². The first-order chi connectivity index (χ1) is 27.8. The third-order valence-corrected chi connectivity index (χ3v) is 11.2. The molecule has 0 fully saturated rings. The van der Waals surface area contributed by atoms with Crippen molar-refractivity contribution in [2.75, 3.05) is 0 Å². The molecule has 0 spiro atoms. The van der Waals surface area contributed by atoms with Crippen LogP contribution in [0.2, 0.25) is 0 Å². The lowest BCUT2D eigenvalue weighted by Gasteiger charge is -2.14. The van der Waals surface area contributed by atoms with Gasteiger partial charge in [-0.15, -0.1) is 10.2 Å². The van der Waals surface area contributed by atoms with Crippen molar-refractivity contribution in [2.45, 2.75) is 0 Å². The van der Waals surface area contributed by atoms with Gasteiger partial charge in [-0.25, -0.2) is 0 Å². The minimum absolute atomic E-state index is 0.790. The molecule has 262 valence electrons. The van der Waals surface area contributed by atoms with Crippen molar-refractivity contribution in [3.05, 3.63) is 188 Å². The number of nitrogens with zero attached hydrogens (tertiary/aromatic N) is 5. The summed E-state index contributed by atoms with van der Waals surface area (Å²) in [7, 11) is 0. The van der Waals surface area contributed by atoms with Crippen LogP contribution < -0.4 is 0 Å². The number of benzene rings is 8. The lowest BCUT2D eigenvalue weighted by molar-refractivity contribution is 0.669. The van der Waals surface area contributed by atoms with Crippen LogP contribution in [0.4, 0.5) is 0 Å². The summed E-state index contributed by atoms with van der Waals surface area (Å²) in [6.07, 6.45) is 0. The molecule has 0 saturated heterocycles. The van der Waals surface area contributed by atoms with Crippen molar-refractivity contribution in [1.29, 1.82) is 0 Å². The highest BCUT2D eigenvalue weighted by Crippen LogP contribution is 2.42. The molecule has 0 atom stereocenters. The quantitative estimate of drug-likeness (QED) is 0.178. The molecule has 6 heteroatoms. The molecule has 0 aliphatic carbocycles. The van der Waals surface area contributed by atoms with E-state index in [0.717, 1.165) is 83.8 Å². The number of fused-ring (bicyclic) bond motifs is 10. The second-order valence-electron chi connectivity index (χ2n) is 14.3. The van der Waals surface area contributed by atoms with Gasteiger partial charge in [0.2, 0.25) is 0 Å². The number of hydrogen-bond donors (Lipinski definition) is 0. The predicted molar refractivity (Wildman–Crippen MR) is 228 cm³/mol. The topological polar surface area (TPSA) is 53.7 Å². The van der Waals surface area contributed by atoms with E-state index in [1.165, 1.54) is 21.5 Å². The van der Waals surface area contributed by atoms with E-state index >= 15 is 0 Å². The van der Waals surface area contributed by atoms with Crippen LogP contribution in [0, 0.1) is 0 Å². The maximum Gasteiger partial charge on any atom is 0.168 e. The molecule has 12 rings (SSSR count). The zero-order valence-electron chi connectivity index (χ0n) is 30.0. The first-order valence-corrected chi connectivity index (χ1v) is 18.8. The van der Waals surface area contributed by atoms with E-state index in [4.69, 9.17) is 14.6 Å². The van der Waals surface area contributed by atoms with Crippen LogP contribution in [-0.2, 0) is 0 Å². The van der Waals surface area contributed by atoms with Gasteiger partial charge in [-0.3, -0.25) is 4.57 Å². The first-order valence-electron chi connectivity index (χ1n) is 18.8. The SMILES string of the molecule is c1ccc(-c2nnc(-c3ccccc3)n2-c2ccc3c4ccccc4n(-c4cccc(-n5c6ccccc6c6ccc7oc8ccccc8c7c65)c4)c3c2)cc1. The maximum absolute atomic E-state index is 6.41. The molecule has 0 aliphatic rings. The Morgan fingerprint density at radius 1 is 0.339 bits per heavy atom. The Morgan fingerprint density at radius 3 is 1.59 bits per heavy atom. The number of rotatable bonds is 5. The molecule has 0 amide bonds. The molecule has 0 aliphatic heterocycles. The maximum atomic E-state index is 6.41. The van der Waals surface area contributed by atoms with Crippen molar-refractivity contribution < 1.29 is 4.42 Å². The van der Waals surface area contributed by atoms with E-state index in [2.05, 4.69) is 159 Å². The van der Waals surface area contributed by atoms with Gasteiger partial charge in [0, 0.05) is 49.4 Å². The van der Waals surface area contributed by atoms with E-state index in [9.17, 15) is 0 Å². The second-order valence-corrected chi connectivity index (χ2v) is 14.3. The lowest BCUT2D eigenvalue weighted by Crippen LogP contribution is -2.02. The molecule has 8 aromatic carbocycles. The fourth-order valence-corrected chi connectivity index (χ4v) is 8.76. The normalized spacial score (nSPS) is 11.9. The Bertz CT molecular complexity index is 3420. The molecule has 4 aromatic heterocycles. The van der Waals surface area contributed by atoms with Crippen LogP contribution in [0.1, 0.15) is 0 Å². The predicted octanol–water partition coefficient (Wildman–Crippen LogP) is 12.7. The zero-order chi connectivity index (χ0) is 36.7. The van der Waals surface area contributed by atoms with Crippen molar-refractivity contribution in [2.24, 2.45) is 0 Å². The second kappa shape index (κ2) is 11.9. The van der Waals surface area contributed by atoms with Crippen LogP contribution in [0.15, 0.2) is 192 Å². The highest BCUT2D eigenvalue weighted by Gasteiger charge is 2.22. The molecular weight excluding hydrogens is 687 g/mol. The molecule has 12 aromatic rings. The molecule has 0 N–H and O–H groups in total. The Kier molecular flexibility index (Phi) is 6.53. The first kappa shape index (κ1) is 30.7. The Labute approximate surface area is 320 Å². The highest BCUT2D eigenvalue weighted by atomic mass is 16.3. The van der Waals surface area contributed by atoms with E-state index in [1.807, 2.05) is 42.5 Å². The summed E-state index contributed by atoms with van der Waals surface area (Å²) in [6.45, 7) is 0. The molecule has 6 nitrogen and oxygen atoms in total. The third kappa shape index (κ3) is 4.44. The molecule has 56 heavy (non-hydrogen) atoms. The van der Waals surface area contributed by atoms with Gasteiger partial charge in [-0.05, 0) is 60.7 Å².